The molecule has 1 aliphatic rings. The molecule has 0 spiro atoms. The van der Waals surface area contributed by atoms with Crippen LogP contribution in [0.1, 0.15) is 24.4 Å². The molecule has 1 aliphatic carbocycles. The van der Waals surface area contributed by atoms with Crippen LogP contribution in [0, 0.1) is 5.82 Å². The van der Waals surface area contributed by atoms with Gasteiger partial charge in [-0.2, -0.15) is 0 Å². The highest BCUT2D eigenvalue weighted by molar-refractivity contribution is 6.30. The van der Waals surface area contributed by atoms with Crippen molar-refractivity contribution in [3.63, 3.8) is 0 Å². The van der Waals surface area contributed by atoms with Crippen molar-refractivity contribution in [2.45, 2.75) is 24.9 Å². The normalized spacial score (nSPS) is 14.7. The molecule has 0 saturated heterocycles. The van der Waals surface area contributed by atoms with E-state index in [4.69, 9.17) is 11.6 Å². The van der Waals surface area contributed by atoms with Crippen molar-refractivity contribution in [3.8, 4) is 0 Å². The summed E-state index contributed by atoms with van der Waals surface area (Å²) in [5.74, 6) is -0.819. The van der Waals surface area contributed by atoms with E-state index >= 15 is 0 Å². The molecule has 0 unspecified atom stereocenters. The van der Waals surface area contributed by atoms with E-state index in [-0.39, 0.29) is 30.2 Å². The minimum Gasteiger partial charge on any atom is -0.352 e. The molecular weight excluding hydrogens is 369 g/mol. The maximum absolute atomic E-state index is 13.3. The molecular formula is C20H21ClFN3O2. The zero-order chi connectivity index (χ0) is 19.4. The van der Waals surface area contributed by atoms with Gasteiger partial charge < -0.3 is 10.6 Å². The second-order valence-electron chi connectivity index (χ2n) is 6.71. The monoisotopic (exact) mass is 389 g/mol. The van der Waals surface area contributed by atoms with Crippen LogP contribution in [0.2, 0.25) is 5.02 Å². The quantitative estimate of drug-likeness (QED) is 0.763. The molecule has 1 fully saturated rings. The lowest BCUT2D eigenvalue weighted by Gasteiger charge is -2.27. The van der Waals surface area contributed by atoms with E-state index in [1.807, 2.05) is 0 Å². The highest BCUT2D eigenvalue weighted by Gasteiger charge is 2.31. The largest absolute Gasteiger partial charge is 0.352 e. The summed E-state index contributed by atoms with van der Waals surface area (Å²) in [7, 11) is 1.70. The lowest BCUT2D eigenvalue weighted by atomic mass is 10.0. The summed E-state index contributed by atoms with van der Waals surface area (Å²) in [6.45, 7) is 0.00273. The van der Waals surface area contributed by atoms with Gasteiger partial charge in [-0.05, 0) is 61.9 Å². The topological polar surface area (TPSA) is 61.4 Å². The third kappa shape index (κ3) is 5.52. The zero-order valence-electron chi connectivity index (χ0n) is 14.9. The van der Waals surface area contributed by atoms with Crippen molar-refractivity contribution in [2.24, 2.45) is 0 Å². The molecule has 0 aromatic heterocycles. The number of carbonyl (C=O) groups excluding carboxylic acids is 2. The van der Waals surface area contributed by atoms with E-state index in [1.54, 1.807) is 48.3 Å². The van der Waals surface area contributed by atoms with E-state index in [9.17, 15) is 14.0 Å². The van der Waals surface area contributed by atoms with Crippen molar-refractivity contribution >= 4 is 29.1 Å². The minimum absolute atomic E-state index is 0.00273. The molecule has 0 aliphatic heterocycles. The van der Waals surface area contributed by atoms with Gasteiger partial charge in [-0.15, -0.1) is 0 Å². The fourth-order valence-corrected chi connectivity index (χ4v) is 2.94. The average molecular weight is 390 g/mol. The highest BCUT2D eigenvalue weighted by Crippen LogP contribution is 2.24. The van der Waals surface area contributed by atoms with E-state index in [2.05, 4.69) is 10.6 Å². The minimum atomic E-state index is -0.679. The Morgan fingerprint density at radius 1 is 1.15 bits per heavy atom. The number of carbonyl (C=O) groups is 2. The first kappa shape index (κ1) is 19.3. The van der Waals surface area contributed by atoms with Gasteiger partial charge in [0.1, 0.15) is 11.9 Å². The third-order valence-corrected chi connectivity index (χ3v) is 4.57. The van der Waals surface area contributed by atoms with Gasteiger partial charge in [0.15, 0.2) is 0 Å². The van der Waals surface area contributed by atoms with Crippen LogP contribution in [-0.2, 0) is 9.59 Å². The standard InChI is InChI=1S/C20H21ClFN3O2/c1-25(12-18(26)23-16-8-4-14(21)5-9-16)19(20(27)24-17-10-11-17)13-2-6-15(22)7-3-13/h2-9,17,19H,10-12H2,1H3,(H,23,26)(H,24,27)/t19-/m0/s1. The van der Waals surface area contributed by atoms with Gasteiger partial charge in [0, 0.05) is 16.8 Å². The first-order valence-electron chi connectivity index (χ1n) is 8.74. The molecule has 0 heterocycles. The number of hydrogen-bond acceptors (Lipinski definition) is 3. The number of anilines is 1. The number of amides is 2. The fourth-order valence-electron chi connectivity index (χ4n) is 2.81. The highest BCUT2D eigenvalue weighted by atomic mass is 35.5. The predicted octanol–water partition coefficient (Wildman–Crippen LogP) is 3.37. The summed E-state index contributed by atoms with van der Waals surface area (Å²) in [6.07, 6.45) is 1.92. The number of likely N-dealkylation sites (N-methyl/N-ethyl adjacent to an activating group) is 1. The van der Waals surface area contributed by atoms with Crippen LogP contribution in [0.25, 0.3) is 0 Å². The average Bonchev–Trinajstić information content (AvgIpc) is 3.42. The van der Waals surface area contributed by atoms with Crippen LogP contribution in [0.3, 0.4) is 0 Å². The number of hydrogen-bond donors (Lipinski definition) is 2. The Morgan fingerprint density at radius 2 is 1.78 bits per heavy atom. The van der Waals surface area contributed by atoms with E-state index in [0.29, 0.717) is 16.3 Å². The Hall–Kier alpha value is -2.44. The Kier molecular flexibility index (Phi) is 6.08. The van der Waals surface area contributed by atoms with Crippen molar-refractivity contribution in [1.82, 2.24) is 10.2 Å². The smallest absolute Gasteiger partial charge is 0.242 e. The van der Waals surface area contributed by atoms with Gasteiger partial charge in [-0.25, -0.2) is 4.39 Å². The number of rotatable bonds is 7. The second-order valence-corrected chi connectivity index (χ2v) is 7.14. The molecule has 142 valence electrons. The lowest BCUT2D eigenvalue weighted by molar-refractivity contribution is -0.127. The number of halogens is 2. The van der Waals surface area contributed by atoms with Crippen LogP contribution in [-0.4, -0.2) is 36.3 Å². The Bertz CT molecular complexity index is 807. The van der Waals surface area contributed by atoms with Crippen LogP contribution in [0.4, 0.5) is 10.1 Å². The third-order valence-electron chi connectivity index (χ3n) is 4.32. The molecule has 2 aromatic carbocycles. The lowest BCUT2D eigenvalue weighted by Crippen LogP contribution is -2.42. The molecule has 1 atom stereocenters. The van der Waals surface area contributed by atoms with Crippen molar-refractivity contribution in [2.75, 3.05) is 18.9 Å². The van der Waals surface area contributed by atoms with Crippen LogP contribution >= 0.6 is 11.6 Å². The van der Waals surface area contributed by atoms with Crippen LogP contribution in [0.5, 0.6) is 0 Å². The molecule has 0 bridgehead atoms. The van der Waals surface area contributed by atoms with Crippen LogP contribution < -0.4 is 10.6 Å². The molecule has 0 radical (unpaired) electrons. The summed E-state index contributed by atoms with van der Waals surface area (Å²) in [6, 6.07) is 12.1. The molecule has 1 saturated carbocycles. The Labute approximate surface area is 162 Å². The molecule has 2 amide bonds. The maximum Gasteiger partial charge on any atom is 0.242 e. The second kappa shape index (κ2) is 8.50. The van der Waals surface area contributed by atoms with E-state index in [0.717, 1.165) is 12.8 Å². The van der Waals surface area contributed by atoms with Gasteiger partial charge in [0.05, 0.1) is 6.54 Å². The van der Waals surface area contributed by atoms with Crippen LogP contribution in [0.15, 0.2) is 48.5 Å². The summed E-state index contributed by atoms with van der Waals surface area (Å²) in [5.41, 5.74) is 1.26. The zero-order valence-corrected chi connectivity index (χ0v) is 15.7. The molecule has 5 nitrogen and oxygen atoms in total. The van der Waals surface area contributed by atoms with E-state index in [1.165, 1.54) is 12.1 Å². The van der Waals surface area contributed by atoms with Crippen molar-refractivity contribution in [1.29, 1.82) is 0 Å². The first-order valence-corrected chi connectivity index (χ1v) is 9.11. The molecule has 3 rings (SSSR count). The predicted molar refractivity (Wildman–Crippen MR) is 103 cm³/mol. The van der Waals surface area contributed by atoms with Crippen molar-refractivity contribution in [3.05, 3.63) is 64.9 Å². The van der Waals surface area contributed by atoms with Gasteiger partial charge >= 0.3 is 0 Å². The summed E-state index contributed by atoms with van der Waals surface area (Å²) < 4.78 is 13.3. The number of benzene rings is 2. The van der Waals surface area contributed by atoms with E-state index < -0.39 is 6.04 Å². The number of nitrogens with zero attached hydrogens (tertiary/aromatic N) is 1. The number of nitrogens with one attached hydrogen (secondary N) is 2. The molecule has 2 aromatic rings. The van der Waals surface area contributed by atoms with Gasteiger partial charge in [-0.1, -0.05) is 23.7 Å². The molecule has 2 N–H and O–H groups in total. The Balaban J connectivity index is 1.70. The summed E-state index contributed by atoms with van der Waals surface area (Å²) in [5, 5.41) is 6.31. The summed E-state index contributed by atoms with van der Waals surface area (Å²) >= 11 is 5.84. The molecule has 7 heteroatoms. The SMILES string of the molecule is CN(CC(=O)Nc1ccc(Cl)cc1)[C@H](C(=O)NC1CC1)c1ccc(F)cc1. The van der Waals surface area contributed by atoms with Gasteiger partial charge in [0.25, 0.3) is 0 Å². The van der Waals surface area contributed by atoms with Gasteiger partial charge in [0.2, 0.25) is 11.8 Å². The molecule has 27 heavy (non-hydrogen) atoms. The first-order chi connectivity index (χ1) is 12.9. The van der Waals surface area contributed by atoms with Crippen molar-refractivity contribution < 1.29 is 14.0 Å². The fraction of sp³-hybridized carbons (Fsp3) is 0.300. The summed E-state index contributed by atoms with van der Waals surface area (Å²) in [4.78, 5) is 26.7. The maximum atomic E-state index is 13.3. The Morgan fingerprint density at radius 3 is 2.37 bits per heavy atom. The van der Waals surface area contributed by atoms with Gasteiger partial charge in [-0.3, -0.25) is 14.5 Å².